The number of nitrogens with zero attached hydrogens (tertiary/aromatic N) is 2. The van der Waals surface area contributed by atoms with E-state index in [4.69, 9.17) is 28.0 Å². The lowest BCUT2D eigenvalue weighted by Gasteiger charge is -2.36. The largest absolute Gasteiger partial charge is 0.443 e. The van der Waals surface area contributed by atoms with Crippen LogP contribution in [0.5, 0.6) is 0 Å². The molecule has 8 heteroatoms. The Bertz CT molecular complexity index is 1100. The van der Waals surface area contributed by atoms with Gasteiger partial charge in [0, 0.05) is 25.3 Å². The number of carbonyl (C=O) groups is 1. The average molecular weight is 421 g/mol. The molecule has 1 aromatic heterocycles. The summed E-state index contributed by atoms with van der Waals surface area (Å²) in [6, 6.07) is 11.1. The average Bonchev–Trinajstić information content (AvgIpc) is 3.15. The Morgan fingerprint density at radius 2 is 1.91 bits per heavy atom. The molecule has 2 heterocycles. The van der Waals surface area contributed by atoms with Gasteiger partial charge in [-0.25, -0.2) is 4.98 Å². The van der Waals surface area contributed by atoms with Gasteiger partial charge in [-0.1, -0.05) is 31.5 Å². The van der Waals surface area contributed by atoms with Gasteiger partial charge in [0.05, 0.1) is 30.0 Å². The minimum absolute atomic E-state index is 0.151. The van der Waals surface area contributed by atoms with E-state index in [0.717, 1.165) is 36.3 Å². The van der Waals surface area contributed by atoms with Gasteiger partial charge in [-0.2, -0.15) is 0 Å². The highest BCUT2D eigenvalue weighted by Gasteiger charge is 2.24. The van der Waals surface area contributed by atoms with Gasteiger partial charge >= 0.3 is 0 Å². The molecule has 5 nitrogen and oxygen atoms in total. The molecule has 1 saturated heterocycles. The summed E-state index contributed by atoms with van der Waals surface area (Å²) < 4.78 is 5.25. The van der Waals surface area contributed by atoms with Crippen molar-refractivity contribution in [1.29, 1.82) is 0 Å². The van der Waals surface area contributed by atoms with E-state index in [9.17, 15) is 4.79 Å². The molecule has 1 fully saturated rings. The summed E-state index contributed by atoms with van der Waals surface area (Å²) in [6.07, 6.45) is 2.84. The quantitative estimate of drug-likeness (QED) is 0.622. The maximum Gasteiger partial charge on any atom is 0.228 e. The third-order valence-electron chi connectivity index (χ3n) is 5.96. The first kappa shape index (κ1) is 22.7. The third-order valence-corrected chi connectivity index (χ3v) is 5.96. The lowest BCUT2D eigenvalue weighted by molar-refractivity contribution is -0.115. The van der Waals surface area contributed by atoms with Crippen molar-refractivity contribution < 1.29 is 9.21 Å². The second-order valence-corrected chi connectivity index (χ2v) is 9.32. The molecular formula is C24H26B3N3O2. The van der Waals surface area contributed by atoms with Gasteiger partial charge in [0.1, 0.15) is 5.52 Å². The maximum atomic E-state index is 12.6. The normalized spacial score (nSPS) is 19.8. The predicted octanol–water partition coefficient (Wildman–Crippen LogP) is 3.10. The maximum absolute atomic E-state index is 12.6. The molecule has 2 aromatic carbocycles. The van der Waals surface area contributed by atoms with Crippen molar-refractivity contribution in [3.05, 3.63) is 59.5 Å². The molecule has 1 amide bonds. The zero-order chi connectivity index (χ0) is 22.9. The van der Waals surface area contributed by atoms with Crippen LogP contribution in [0.15, 0.2) is 47.2 Å². The van der Waals surface area contributed by atoms with Crippen molar-refractivity contribution in [1.82, 2.24) is 9.88 Å². The van der Waals surface area contributed by atoms with Gasteiger partial charge in [-0.15, -0.1) is 5.11 Å². The van der Waals surface area contributed by atoms with Crippen LogP contribution in [0.3, 0.4) is 0 Å². The van der Waals surface area contributed by atoms with Crippen LogP contribution in [-0.2, 0) is 22.9 Å². The highest BCUT2D eigenvalue weighted by Crippen LogP contribution is 2.28. The number of hydrogen-bond acceptors (Lipinski definition) is 4. The van der Waals surface area contributed by atoms with Gasteiger partial charge in [0.25, 0.3) is 0 Å². The van der Waals surface area contributed by atoms with Crippen LogP contribution in [0.2, 0.25) is 0 Å². The fourth-order valence-corrected chi connectivity index (χ4v) is 4.76. The second-order valence-electron chi connectivity index (χ2n) is 9.32. The highest BCUT2D eigenvalue weighted by atomic mass is 16.3. The number of aromatic nitrogens is 1. The number of likely N-dealkylation sites (tertiary alicyclic amines) is 1. The summed E-state index contributed by atoms with van der Waals surface area (Å²) in [5, 5.41) is 1.43. The van der Waals surface area contributed by atoms with Crippen LogP contribution in [0, 0.1) is 11.8 Å². The molecule has 3 aromatic rings. The van der Waals surface area contributed by atoms with Crippen molar-refractivity contribution in [2.24, 2.45) is 11.8 Å². The summed E-state index contributed by atoms with van der Waals surface area (Å²) in [5.41, 5.74) is 4.49. The van der Waals surface area contributed by atoms with E-state index >= 15 is 0 Å². The van der Waals surface area contributed by atoms with Crippen LogP contribution in [0.1, 0.15) is 37.0 Å². The molecule has 2 unspecified atom stereocenters. The lowest BCUT2D eigenvalue weighted by atomic mass is 9.39. The summed E-state index contributed by atoms with van der Waals surface area (Å²) >= 11 is 0. The van der Waals surface area contributed by atoms with Crippen molar-refractivity contribution in [2.75, 3.05) is 18.4 Å². The van der Waals surface area contributed by atoms with Gasteiger partial charge in [-0.3, -0.25) is 9.69 Å². The smallest absolute Gasteiger partial charge is 0.228 e. The van der Waals surface area contributed by atoms with E-state index in [0.29, 0.717) is 28.7 Å². The predicted molar refractivity (Wildman–Crippen MR) is 130 cm³/mol. The number of carbonyl (C=O) groups excluding carboxylic acids is 1. The zero-order valence-electron chi connectivity index (χ0n) is 18.7. The summed E-state index contributed by atoms with van der Waals surface area (Å²) in [4.78, 5) is 19.2. The highest BCUT2D eigenvalue weighted by molar-refractivity contribution is 6.59. The molecule has 4 rings (SSSR count). The minimum Gasteiger partial charge on any atom is -0.443 e. The first-order chi connectivity index (χ1) is 15.2. The van der Waals surface area contributed by atoms with E-state index in [-0.39, 0.29) is 12.3 Å². The molecule has 1 N–H and O–H groups in total. The molecule has 0 spiro atoms. The summed E-state index contributed by atoms with van der Waals surface area (Å²) in [7, 11) is 18.3. The zero-order valence-corrected chi connectivity index (χ0v) is 18.7. The Kier molecular flexibility index (Phi) is 6.52. The van der Waals surface area contributed by atoms with Crippen LogP contribution in [0.25, 0.3) is 11.1 Å². The van der Waals surface area contributed by atoms with Gasteiger partial charge in [0.15, 0.2) is 12.0 Å². The Balaban J connectivity index is 1.48. The Morgan fingerprint density at radius 3 is 2.62 bits per heavy atom. The van der Waals surface area contributed by atoms with E-state index in [1.54, 1.807) is 6.07 Å². The van der Waals surface area contributed by atoms with Gasteiger partial charge < -0.3 is 9.73 Å². The van der Waals surface area contributed by atoms with Crippen LogP contribution in [0.4, 0.5) is 5.69 Å². The monoisotopic (exact) mass is 421 g/mol. The second kappa shape index (κ2) is 9.18. The number of oxazole rings is 1. The van der Waals surface area contributed by atoms with E-state index in [2.05, 4.69) is 29.0 Å². The molecule has 0 saturated carbocycles. The number of piperidine rings is 1. The molecular weight excluding hydrogens is 395 g/mol. The van der Waals surface area contributed by atoms with Crippen molar-refractivity contribution in [3.8, 4) is 0 Å². The van der Waals surface area contributed by atoms with Gasteiger partial charge in [-0.05, 0) is 53.6 Å². The first-order valence-electron chi connectivity index (χ1n) is 11.0. The number of fused-ring (bicyclic) bond motifs is 1. The van der Waals surface area contributed by atoms with E-state index < -0.39 is 5.11 Å². The Hall–Kier alpha value is -2.47. The topological polar surface area (TPSA) is 58.4 Å². The number of anilines is 1. The van der Waals surface area contributed by atoms with E-state index in [1.807, 2.05) is 30.3 Å². The molecule has 0 bridgehead atoms. The lowest BCUT2D eigenvalue weighted by Crippen LogP contribution is -2.39. The molecule has 32 heavy (non-hydrogen) atoms. The number of hydrogen-bond donors (Lipinski definition) is 1. The standard InChI is InChI=1S/C24H26B3N3O2/c1-15-7-16(2)12-30(11-15)13-18-4-5-19(10-20(18)24(25,26)27)29-23(31)9-17-3-6-22-21(8-17)28-14-32-22/h3-6,8,10,14-16H,7,9,11-13H2,1-2H3,(H,29,31). The molecule has 0 aliphatic carbocycles. The summed E-state index contributed by atoms with van der Waals surface area (Å²) in [6.45, 7) is 7.35. The van der Waals surface area contributed by atoms with Crippen molar-refractivity contribution in [3.63, 3.8) is 0 Å². The van der Waals surface area contributed by atoms with E-state index in [1.165, 1.54) is 12.8 Å². The molecule has 6 radical (unpaired) electrons. The number of rotatable bonds is 6. The molecule has 1 aliphatic rings. The molecule has 2 atom stereocenters. The number of benzene rings is 2. The number of nitrogens with one attached hydrogen (secondary N) is 1. The van der Waals surface area contributed by atoms with Crippen molar-refractivity contribution >= 4 is 46.2 Å². The Morgan fingerprint density at radius 1 is 1.16 bits per heavy atom. The summed E-state index contributed by atoms with van der Waals surface area (Å²) in [5.74, 6) is 1.15. The fourth-order valence-electron chi connectivity index (χ4n) is 4.76. The SMILES string of the molecule is [B]C([B])([B])c1cc(NC(=O)Cc2ccc3ocnc3c2)ccc1CN1CC(C)CC(C)C1. The first-order valence-corrected chi connectivity index (χ1v) is 11.0. The molecule has 158 valence electrons. The fraction of sp³-hybridized carbons (Fsp3) is 0.417. The molecule has 1 aliphatic heterocycles. The minimum atomic E-state index is -1.50. The Labute approximate surface area is 193 Å². The van der Waals surface area contributed by atoms with Crippen LogP contribution >= 0.6 is 0 Å². The third kappa shape index (κ3) is 5.47. The number of amides is 1. The van der Waals surface area contributed by atoms with Crippen LogP contribution in [-0.4, -0.2) is 52.4 Å². The van der Waals surface area contributed by atoms with Crippen LogP contribution < -0.4 is 5.32 Å². The van der Waals surface area contributed by atoms with Crippen molar-refractivity contribution in [2.45, 2.75) is 38.3 Å². The van der Waals surface area contributed by atoms with Gasteiger partial charge in [0.2, 0.25) is 5.91 Å².